The lowest BCUT2D eigenvalue weighted by Crippen LogP contribution is -2.18. The van der Waals surface area contributed by atoms with E-state index in [1.54, 1.807) is 6.26 Å². The third-order valence-electron chi connectivity index (χ3n) is 2.60. The topological polar surface area (TPSA) is 39.1 Å². The summed E-state index contributed by atoms with van der Waals surface area (Å²) in [6, 6.07) is 2.34. The average molecular weight is 334 g/mol. The molecule has 0 aliphatic carbocycles. The van der Waals surface area contributed by atoms with Crippen LogP contribution in [0.3, 0.4) is 0 Å². The van der Waals surface area contributed by atoms with Crippen LogP contribution in [0, 0.1) is 5.82 Å². The summed E-state index contributed by atoms with van der Waals surface area (Å²) in [5.74, 6) is -0.823. The average Bonchev–Trinajstić information content (AvgIpc) is 2.36. The second kappa shape index (κ2) is 6.65. The number of fused-ring (bicyclic) bond motifs is 1. The van der Waals surface area contributed by atoms with Crippen molar-refractivity contribution in [3.63, 3.8) is 0 Å². The Balaban J connectivity index is 0.00000200. The maximum Gasteiger partial charge on any atom is 0.200 e. The molecule has 0 atom stereocenters. The van der Waals surface area contributed by atoms with Crippen LogP contribution in [0.4, 0.5) is 4.39 Å². The standard InChI is InChI=1S/C12H9ClFNO2S2.CH4/c1-19-5-11(16)7-4-15(18)10-3-8(13)9(14)2-6(10)12(7)17;/h2-4,18H,5H2,1H3;1H4. The van der Waals surface area contributed by atoms with Crippen molar-refractivity contribution < 1.29 is 9.18 Å². The van der Waals surface area contributed by atoms with Gasteiger partial charge in [-0.3, -0.25) is 13.6 Å². The summed E-state index contributed by atoms with van der Waals surface area (Å²) in [6.45, 7) is 0. The first kappa shape index (κ1) is 17.1. The van der Waals surface area contributed by atoms with Gasteiger partial charge in [-0.25, -0.2) is 4.39 Å². The quantitative estimate of drug-likeness (QED) is 0.688. The lowest BCUT2D eigenvalue weighted by molar-refractivity contribution is 0.102. The number of hydrogen-bond acceptors (Lipinski definition) is 4. The van der Waals surface area contributed by atoms with Crippen LogP contribution < -0.4 is 5.43 Å². The fourth-order valence-corrected chi connectivity index (χ4v) is 2.57. The number of benzene rings is 1. The maximum atomic E-state index is 13.4. The summed E-state index contributed by atoms with van der Waals surface area (Å²) >= 11 is 11.1. The first-order valence-corrected chi connectivity index (χ1v) is 7.38. The number of hydrogen-bond donors (Lipinski definition) is 1. The number of rotatable bonds is 3. The van der Waals surface area contributed by atoms with Gasteiger partial charge in [-0.2, -0.15) is 11.8 Å². The molecule has 1 aromatic heterocycles. The van der Waals surface area contributed by atoms with Crippen LogP contribution in [0.15, 0.2) is 23.1 Å². The number of halogens is 2. The van der Waals surface area contributed by atoms with Crippen LogP contribution in [0.1, 0.15) is 17.8 Å². The summed E-state index contributed by atoms with van der Waals surface area (Å²) < 4.78 is 14.7. The van der Waals surface area contributed by atoms with Gasteiger partial charge in [0.2, 0.25) is 0 Å². The van der Waals surface area contributed by atoms with Crippen molar-refractivity contribution in [2.45, 2.75) is 7.43 Å². The van der Waals surface area contributed by atoms with Crippen molar-refractivity contribution in [2.75, 3.05) is 12.0 Å². The third-order valence-corrected chi connectivity index (χ3v) is 3.77. The van der Waals surface area contributed by atoms with Gasteiger partial charge in [0.15, 0.2) is 11.2 Å². The second-order valence-corrected chi connectivity index (χ2v) is 5.56. The van der Waals surface area contributed by atoms with E-state index in [0.29, 0.717) is 5.52 Å². The number of thioether (sulfide) groups is 1. The molecule has 1 heterocycles. The van der Waals surface area contributed by atoms with Gasteiger partial charge in [0.25, 0.3) is 0 Å². The minimum Gasteiger partial charge on any atom is -0.293 e. The summed E-state index contributed by atoms with van der Waals surface area (Å²) in [5.41, 5.74) is -0.145. The van der Waals surface area contributed by atoms with E-state index in [0.717, 1.165) is 6.07 Å². The molecule has 3 nitrogen and oxygen atoms in total. The zero-order valence-electron chi connectivity index (χ0n) is 9.81. The van der Waals surface area contributed by atoms with Crippen LogP contribution in [-0.2, 0) is 0 Å². The molecule has 1 aromatic carbocycles. The molecule has 20 heavy (non-hydrogen) atoms. The molecular formula is C13H13ClFNO2S2. The number of aromatic nitrogens is 1. The molecule has 2 rings (SSSR count). The second-order valence-electron chi connectivity index (χ2n) is 3.86. The molecule has 108 valence electrons. The molecule has 0 saturated carbocycles. The number of carbonyl (C=O) groups excluding carboxylic acids is 1. The lowest BCUT2D eigenvalue weighted by Gasteiger charge is -2.08. The largest absolute Gasteiger partial charge is 0.293 e. The SMILES string of the molecule is C.CSCC(=O)c1cn(S)c2cc(Cl)c(F)cc2c1=O. The Bertz CT molecular complexity index is 730. The highest BCUT2D eigenvalue weighted by Crippen LogP contribution is 2.22. The highest BCUT2D eigenvalue weighted by atomic mass is 35.5. The first-order chi connectivity index (χ1) is 8.95. The van der Waals surface area contributed by atoms with Gasteiger partial charge < -0.3 is 0 Å². The van der Waals surface area contributed by atoms with Gasteiger partial charge in [-0.15, -0.1) is 0 Å². The molecule has 7 heteroatoms. The summed E-state index contributed by atoms with van der Waals surface area (Å²) in [6.07, 6.45) is 3.10. The lowest BCUT2D eigenvalue weighted by atomic mass is 10.1. The predicted octanol–water partition coefficient (Wildman–Crippen LogP) is 3.67. The van der Waals surface area contributed by atoms with E-state index in [2.05, 4.69) is 12.8 Å². The highest BCUT2D eigenvalue weighted by molar-refractivity contribution is 7.99. The molecule has 0 radical (unpaired) electrons. The Morgan fingerprint density at radius 3 is 2.75 bits per heavy atom. The number of nitrogens with zero attached hydrogens (tertiary/aromatic N) is 1. The zero-order chi connectivity index (χ0) is 14.2. The fourth-order valence-electron chi connectivity index (χ4n) is 1.71. The van der Waals surface area contributed by atoms with E-state index in [1.165, 1.54) is 28.0 Å². The van der Waals surface area contributed by atoms with Crippen LogP contribution in [0.2, 0.25) is 5.02 Å². The molecule has 0 aliphatic heterocycles. The van der Waals surface area contributed by atoms with Gasteiger partial charge in [-0.1, -0.05) is 31.8 Å². The summed E-state index contributed by atoms with van der Waals surface area (Å²) in [4.78, 5) is 24.0. The Labute approximate surface area is 130 Å². The van der Waals surface area contributed by atoms with Crippen molar-refractivity contribution >= 4 is 52.9 Å². The monoisotopic (exact) mass is 333 g/mol. The van der Waals surface area contributed by atoms with Crippen molar-refractivity contribution in [1.82, 2.24) is 3.97 Å². The molecule has 0 unspecified atom stereocenters. The molecule has 0 spiro atoms. The molecule has 0 amide bonds. The highest BCUT2D eigenvalue weighted by Gasteiger charge is 2.16. The van der Waals surface area contributed by atoms with Gasteiger partial charge in [0.1, 0.15) is 5.82 Å². The van der Waals surface area contributed by atoms with E-state index in [-0.39, 0.29) is 34.9 Å². The Morgan fingerprint density at radius 2 is 2.15 bits per heavy atom. The van der Waals surface area contributed by atoms with E-state index >= 15 is 0 Å². The number of Topliss-reactive ketones (excluding diaryl/α,β-unsaturated/α-hetero) is 1. The van der Waals surface area contributed by atoms with Crippen LogP contribution >= 0.6 is 36.2 Å². The minimum absolute atomic E-state index is 0. The van der Waals surface area contributed by atoms with Crippen molar-refractivity contribution in [1.29, 1.82) is 0 Å². The van der Waals surface area contributed by atoms with Gasteiger partial charge >= 0.3 is 0 Å². The molecule has 0 saturated heterocycles. The summed E-state index contributed by atoms with van der Waals surface area (Å²) in [7, 11) is 0. The number of thiol groups is 1. The van der Waals surface area contributed by atoms with Gasteiger partial charge in [-0.05, 0) is 18.4 Å². The normalized spacial score (nSPS) is 10.4. The van der Waals surface area contributed by atoms with Crippen molar-refractivity contribution in [3.05, 3.63) is 45.0 Å². The number of carbonyl (C=O) groups is 1. The van der Waals surface area contributed by atoms with Crippen LogP contribution in [-0.4, -0.2) is 21.8 Å². The van der Waals surface area contributed by atoms with Crippen molar-refractivity contribution in [3.8, 4) is 0 Å². The minimum atomic E-state index is -0.700. The summed E-state index contributed by atoms with van der Waals surface area (Å²) in [5, 5.41) is -0.0123. The number of pyridine rings is 1. The van der Waals surface area contributed by atoms with E-state index in [9.17, 15) is 14.0 Å². The zero-order valence-corrected chi connectivity index (χ0v) is 12.3. The Hall–Kier alpha value is -0.980. The van der Waals surface area contributed by atoms with Crippen LogP contribution in [0.25, 0.3) is 10.9 Å². The van der Waals surface area contributed by atoms with Crippen LogP contribution in [0.5, 0.6) is 0 Å². The molecule has 0 fully saturated rings. The fraction of sp³-hybridized carbons (Fsp3) is 0.231. The van der Waals surface area contributed by atoms with E-state index in [4.69, 9.17) is 11.6 Å². The van der Waals surface area contributed by atoms with Gasteiger partial charge in [0, 0.05) is 6.20 Å². The van der Waals surface area contributed by atoms with E-state index in [1.807, 2.05) is 0 Å². The maximum absolute atomic E-state index is 13.4. The predicted molar refractivity (Wildman–Crippen MR) is 87.0 cm³/mol. The molecule has 2 aromatic rings. The smallest absolute Gasteiger partial charge is 0.200 e. The van der Waals surface area contributed by atoms with E-state index < -0.39 is 11.2 Å². The van der Waals surface area contributed by atoms with Gasteiger partial charge in [0.05, 0.1) is 27.2 Å². The Morgan fingerprint density at radius 1 is 1.50 bits per heavy atom. The molecule has 0 N–H and O–H groups in total. The molecule has 0 aliphatic rings. The molecule has 0 bridgehead atoms. The third kappa shape index (κ3) is 3.02. The Kier molecular flexibility index (Phi) is 5.68. The van der Waals surface area contributed by atoms with Crippen molar-refractivity contribution in [2.24, 2.45) is 0 Å². The molecular weight excluding hydrogens is 321 g/mol. The first-order valence-electron chi connectivity index (χ1n) is 5.21. The number of ketones is 1.